The molecule has 4 nitrogen and oxygen atoms in total. The van der Waals surface area contributed by atoms with E-state index in [1.54, 1.807) is 18.2 Å². The molecule has 18 heavy (non-hydrogen) atoms. The summed E-state index contributed by atoms with van der Waals surface area (Å²) in [6.07, 6.45) is 4.16. The molecule has 0 aliphatic rings. The summed E-state index contributed by atoms with van der Waals surface area (Å²) < 4.78 is 11.8. The molecule has 0 heterocycles. The van der Waals surface area contributed by atoms with Crippen molar-refractivity contribution in [3.63, 3.8) is 0 Å². The second-order valence-electron chi connectivity index (χ2n) is 3.71. The number of rotatable bonds is 6. The van der Waals surface area contributed by atoms with Gasteiger partial charge in [0.1, 0.15) is 5.75 Å². The molecule has 0 radical (unpaired) electrons. The molecule has 0 amide bonds. The molecule has 2 unspecified atom stereocenters. The van der Waals surface area contributed by atoms with Crippen LogP contribution in [0.1, 0.15) is 18.1 Å². The third-order valence-corrected chi connectivity index (χ3v) is 3.73. The molecule has 4 N–H and O–H groups in total. The number of aliphatic hydroxyl groups is 1. The molecule has 98 valence electrons. The molecule has 1 rings (SSSR count). The fourth-order valence-electron chi connectivity index (χ4n) is 1.46. The Bertz CT molecular complexity index is 471. The molecular formula is C13H17NO3S. The number of aliphatic hydroxyl groups excluding tert-OH is 1. The molecule has 0 fully saturated rings. The van der Waals surface area contributed by atoms with Gasteiger partial charge in [0, 0.05) is 5.75 Å². The van der Waals surface area contributed by atoms with Crippen molar-refractivity contribution in [2.45, 2.75) is 17.4 Å². The van der Waals surface area contributed by atoms with E-state index in [2.05, 4.69) is 6.58 Å². The van der Waals surface area contributed by atoms with Crippen LogP contribution < -0.4 is 5.73 Å². The monoisotopic (exact) mass is 267 g/mol. The van der Waals surface area contributed by atoms with Crippen molar-refractivity contribution in [2.75, 3.05) is 5.75 Å². The molecular weight excluding hydrogens is 250 g/mol. The van der Waals surface area contributed by atoms with Gasteiger partial charge in [-0.2, -0.15) is 0 Å². The third kappa shape index (κ3) is 3.72. The van der Waals surface area contributed by atoms with Gasteiger partial charge < -0.3 is 15.9 Å². The lowest BCUT2D eigenvalue weighted by atomic mass is 10.1. The van der Waals surface area contributed by atoms with Crippen LogP contribution in [0.5, 0.6) is 5.75 Å². The topological polar surface area (TPSA) is 83.5 Å². The Morgan fingerprint density at radius 3 is 2.83 bits per heavy atom. The molecule has 0 aromatic heterocycles. The van der Waals surface area contributed by atoms with Crippen LogP contribution in [-0.4, -0.2) is 20.2 Å². The molecule has 1 aromatic rings. The predicted octanol–water partition coefficient (Wildman–Crippen LogP) is 1.58. The van der Waals surface area contributed by atoms with Crippen molar-refractivity contribution in [1.29, 1.82) is 0 Å². The fourth-order valence-corrected chi connectivity index (χ4v) is 2.42. The fraction of sp³-hybridized carbons (Fsp3) is 0.231. The van der Waals surface area contributed by atoms with Crippen LogP contribution in [0.4, 0.5) is 0 Å². The van der Waals surface area contributed by atoms with Gasteiger partial charge in [0.2, 0.25) is 0 Å². The molecule has 0 spiro atoms. The van der Waals surface area contributed by atoms with Gasteiger partial charge in [-0.15, -0.1) is 6.58 Å². The Labute approximate surface area is 109 Å². The van der Waals surface area contributed by atoms with Gasteiger partial charge in [0.05, 0.1) is 21.8 Å². The molecule has 0 aliphatic carbocycles. The molecule has 0 aliphatic heterocycles. The minimum atomic E-state index is -1.35. The molecule has 0 bridgehead atoms. The Morgan fingerprint density at radius 1 is 1.50 bits per heavy atom. The second kappa shape index (κ2) is 6.98. The number of hydrogen-bond acceptors (Lipinski definition) is 4. The quantitative estimate of drug-likeness (QED) is 0.683. The summed E-state index contributed by atoms with van der Waals surface area (Å²) in [5.74, 6) is 0.219. The van der Waals surface area contributed by atoms with Gasteiger partial charge in [-0.3, -0.25) is 4.21 Å². The van der Waals surface area contributed by atoms with Crippen molar-refractivity contribution in [1.82, 2.24) is 0 Å². The lowest BCUT2D eigenvalue weighted by Gasteiger charge is -2.11. The van der Waals surface area contributed by atoms with E-state index in [1.807, 2.05) is 0 Å². The second-order valence-corrected chi connectivity index (χ2v) is 5.17. The van der Waals surface area contributed by atoms with E-state index in [1.165, 1.54) is 18.3 Å². The highest BCUT2D eigenvalue weighted by molar-refractivity contribution is 7.85. The van der Waals surface area contributed by atoms with E-state index < -0.39 is 16.9 Å². The van der Waals surface area contributed by atoms with Crippen LogP contribution in [0.15, 0.2) is 48.0 Å². The van der Waals surface area contributed by atoms with Crippen LogP contribution in [0.25, 0.3) is 0 Å². The van der Waals surface area contributed by atoms with Gasteiger partial charge in [0.25, 0.3) is 0 Å². The highest BCUT2D eigenvalue weighted by atomic mass is 32.2. The maximum absolute atomic E-state index is 11.8. The average Bonchev–Trinajstić information content (AvgIpc) is 2.36. The first-order chi connectivity index (χ1) is 8.60. The number of phenols is 1. The van der Waals surface area contributed by atoms with E-state index in [0.29, 0.717) is 16.9 Å². The smallest absolute Gasteiger partial charge is 0.131 e. The highest BCUT2D eigenvalue weighted by Crippen LogP contribution is 2.27. The maximum Gasteiger partial charge on any atom is 0.131 e. The van der Waals surface area contributed by atoms with E-state index in [4.69, 9.17) is 5.73 Å². The van der Waals surface area contributed by atoms with Crippen molar-refractivity contribution in [3.8, 4) is 5.75 Å². The Morgan fingerprint density at radius 2 is 2.22 bits per heavy atom. The lowest BCUT2D eigenvalue weighted by molar-refractivity contribution is 0.181. The van der Waals surface area contributed by atoms with Crippen LogP contribution >= 0.6 is 0 Å². The molecule has 0 saturated carbocycles. The summed E-state index contributed by atoms with van der Waals surface area (Å²) >= 11 is 0. The van der Waals surface area contributed by atoms with E-state index >= 15 is 0 Å². The van der Waals surface area contributed by atoms with E-state index in [-0.39, 0.29) is 11.5 Å². The summed E-state index contributed by atoms with van der Waals surface area (Å²) in [6, 6.07) is 4.57. The van der Waals surface area contributed by atoms with Crippen molar-refractivity contribution >= 4 is 10.8 Å². The van der Waals surface area contributed by atoms with Crippen molar-refractivity contribution in [2.24, 2.45) is 5.73 Å². The zero-order valence-electron chi connectivity index (χ0n) is 9.95. The Balaban J connectivity index is 2.99. The lowest BCUT2D eigenvalue weighted by Crippen LogP contribution is -2.00. The van der Waals surface area contributed by atoms with Gasteiger partial charge in [-0.05, 0) is 30.3 Å². The molecule has 2 atom stereocenters. The number of aromatic hydroxyl groups is 1. The van der Waals surface area contributed by atoms with E-state index in [9.17, 15) is 14.4 Å². The van der Waals surface area contributed by atoms with Gasteiger partial charge in [0.15, 0.2) is 0 Å². The first-order valence-electron chi connectivity index (χ1n) is 5.47. The zero-order valence-corrected chi connectivity index (χ0v) is 10.8. The summed E-state index contributed by atoms with van der Waals surface area (Å²) in [7, 11) is -1.35. The summed E-state index contributed by atoms with van der Waals surface area (Å²) in [6.45, 7) is 3.51. The van der Waals surface area contributed by atoms with Crippen LogP contribution in [-0.2, 0) is 10.8 Å². The first kappa shape index (κ1) is 14.5. The number of benzene rings is 1. The van der Waals surface area contributed by atoms with Crippen LogP contribution in [0.3, 0.4) is 0 Å². The minimum Gasteiger partial charge on any atom is -0.507 e. The maximum atomic E-state index is 11.8. The molecule has 1 aromatic carbocycles. The van der Waals surface area contributed by atoms with Crippen molar-refractivity contribution in [3.05, 3.63) is 48.7 Å². The highest BCUT2D eigenvalue weighted by Gasteiger charge is 2.13. The largest absolute Gasteiger partial charge is 0.507 e. The van der Waals surface area contributed by atoms with Crippen molar-refractivity contribution < 1.29 is 14.4 Å². The number of phenolic OH excluding ortho intramolecular Hbond substituents is 1. The van der Waals surface area contributed by atoms with E-state index in [0.717, 1.165) is 0 Å². The summed E-state index contributed by atoms with van der Waals surface area (Å²) in [5.41, 5.74) is 5.80. The minimum absolute atomic E-state index is 0.0412. The molecule has 0 saturated heterocycles. The summed E-state index contributed by atoms with van der Waals surface area (Å²) in [4.78, 5) is 0.308. The SMILES string of the molecule is C=CCS(=O)c1cc(C(O)CC=CN)ccc1O. The average molecular weight is 267 g/mol. The normalized spacial score (nSPS) is 14.5. The number of nitrogens with two attached hydrogens (primary N) is 1. The third-order valence-electron chi connectivity index (χ3n) is 2.38. The zero-order chi connectivity index (χ0) is 13.5. The van der Waals surface area contributed by atoms with Gasteiger partial charge in [-0.25, -0.2) is 0 Å². The predicted molar refractivity (Wildman–Crippen MR) is 72.5 cm³/mol. The molecule has 5 heteroatoms. The standard InChI is InChI=1S/C13H17NO3S/c1-2-8-18(17)13-9-10(5-6-12(13)16)11(15)4-3-7-14/h2-3,5-7,9,11,15-16H,1,4,8,14H2. The van der Waals surface area contributed by atoms with Gasteiger partial charge >= 0.3 is 0 Å². The van der Waals surface area contributed by atoms with Crippen LogP contribution in [0.2, 0.25) is 0 Å². The van der Waals surface area contributed by atoms with Crippen LogP contribution in [0, 0.1) is 0 Å². The van der Waals surface area contributed by atoms with Gasteiger partial charge in [-0.1, -0.05) is 18.2 Å². The first-order valence-corrected chi connectivity index (χ1v) is 6.79. The summed E-state index contributed by atoms with van der Waals surface area (Å²) in [5, 5.41) is 19.5. The Hall–Kier alpha value is -1.59. The Kier molecular flexibility index (Phi) is 5.61. The number of hydrogen-bond donors (Lipinski definition) is 3.